The van der Waals surface area contributed by atoms with Gasteiger partial charge in [0.25, 0.3) is 0 Å². The van der Waals surface area contributed by atoms with Gasteiger partial charge in [0, 0.05) is 12.6 Å². The van der Waals surface area contributed by atoms with E-state index in [1.54, 1.807) is 0 Å². The third kappa shape index (κ3) is 8.86. The Labute approximate surface area is 144 Å². The molecule has 0 bridgehead atoms. The molecule has 0 saturated carbocycles. The zero-order valence-corrected chi connectivity index (χ0v) is 15.0. The van der Waals surface area contributed by atoms with Gasteiger partial charge in [-0.2, -0.15) is 0 Å². The second kappa shape index (κ2) is 10.3. The summed E-state index contributed by atoms with van der Waals surface area (Å²) in [5, 5.41) is 14.9. The molecular formula is C18H30N2O4. The highest BCUT2D eigenvalue weighted by Crippen LogP contribution is 2.08. The summed E-state index contributed by atoms with van der Waals surface area (Å²) in [5.41, 5.74) is 0.519. The summed E-state index contributed by atoms with van der Waals surface area (Å²) >= 11 is 0. The molecule has 1 aromatic carbocycles. The first-order chi connectivity index (χ1) is 11.3. The summed E-state index contributed by atoms with van der Waals surface area (Å²) in [6, 6.07) is 9.52. The SMILES string of the molecule is C[C@@H](NCCO)[C@H](COCc1ccccc1)NC(=O)OC(C)(C)C. The molecule has 2 atom stereocenters. The molecule has 0 heterocycles. The molecule has 6 nitrogen and oxygen atoms in total. The molecular weight excluding hydrogens is 308 g/mol. The van der Waals surface area contributed by atoms with E-state index in [9.17, 15) is 4.79 Å². The maximum Gasteiger partial charge on any atom is 0.408 e. The van der Waals surface area contributed by atoms with Gasteiger partial charge in [-0.1, -0.05) is 30.3 Å². The number of aliphatic hydroxyl groups is 1. The number of aliphatic hydroxyl groups excluding tert-OH is 1. The molecule has 3 N–H and O–H groups in total. The smallest absolute Gasteiger partial charge is 0.408 e. The zero-order chi connectivity index (χ0) is 18.0. The van der Waals surface area contributed by atoms with Crippen LogP contribution in [0.3, 0.4) is 0 Å². The summed E-state index contributed by atoms with van der Waals surface area (Å²) in [6.45, 7) is 8.70. The molecule has 0 aliphatic rings. The van der Waals surface area contributed by atoms with E-state index in [2.05, 4.69) is 10.6 Å². The quantitative estimate of drug-likeness (QED) is 0.642. The fourth-order valence-corrected chi connectivity index (χ4v) is 2.08. The molecule has 0 aliphatic carbocycles. The maximum atomic E-state index is 12.0. The average molecular weight is 338 g/mol. The van der Waals surface area contributed by atoms with Crippen molar-refractivity contribution >= 4 is 6.09 Å². The minimum Gasteiger partial charge on any atom is -0.444 e. The van der Waals surface area contributed by atoms with Gasteiger partial charge in [-0.15, -0.1) is 0 Å². The molecule has 0 aromatic heterocycles. The first-order valence-electron chi connectivity index (χ1n) is 8.27. The van der Waals surface area contributed by atoms with Gasteiger partial charge in [-0.05, 0) is 33.3 Å². The van der Waals surface area contributed by atoms with E-state index in [0.717, 1.165) is 5.56 Å². The van der Waals surface area contributed by atoms with Crippen LogP contribution >= 0.6 is 0 Å². The predicted molar refractivity (Wildman–Crippen MR) is 93.8 cm³/mol. The number of nitrogens with one attached hydrogen (secondary N) is 2. The molecule has 0 saturated heterocycles. The van der Waals surface area contributed by atoms with Gasteiger partial charge in [-0.25, -0.2) is 4.79 Å². The van der Waals surface area contributed by atoms with Crippen molar-refractivity contribution in [3.8, 4) is 0 Å². The minimum atomic E-state index is -0.554. The number of amides is 1. The minimum absolute atomic E-state index is 0.0361. The van der Waals surface area contributed by atoms with Crippen LogP contribution in [0.25, 0.3) is 0 Å². The molecule has 136 valence electrons. The monoisotopic (exact) mass is 338 g/mol. The molecule has 0 spiro atoms. The van der Waals surface area contributed by atoms with Crippen LogP contribution in [-0.4, -0.2) is 48.6 Å². The van der Waals surface area contributed by atoms with Crippen molar-refractivity contribution in [2.24, 2.45) is 0 Å². The first kappa shape index (κ1) is 20.4. The van der Waals surface area contributed by atoms with Crippen LogP contribution < -0.4 is 10.6 Å². The van der Waals surface area contributed by atoms with Crippen molar-refractivity contribution in [1.82, 2.24) is 10.6 Å². The largest absolute Gasteiger partial charge is 0.444 e. The molecule has 0 fully saturated rings. The van der Waals surface area contributed by atoms with Crippen molar-refractivity contribution < 1.29 is 19.4 Å². The number of alkyl carbamates (subject to hydrolysis) is 1. The highest BCUT2D eigenvalue weighted by molar-refractivity contribution is 5.68. The highest BCUT2D eigenvalue weighted by Gasteiger charge is 2.23. The van der Waals surface area contributed by atoms with Crippen LogP contribution in [-0.2, 0) is 16.1 Å². The fourth-order valence-electron chi connectivity index (χ4n) is 2.08. The zero-order valence-electron chi connectivity index (χ0n) is 15.0. The van der Waals surface area contributed by atoms with Crippen LogP contribution in [0.4, 0.5) is 4.79 Å². The van der Waals surface area contributed by atoms with Gasteiger partial charge in [-0.3, -0.25) is 0 Å². The van der Waals surface area contributed by atoms with E-state index >= 15 is 0 Å². The summed E-state index contributed by atoms with van der Waals surface area (Å²) in [6.07, 6.45) is -0.478. The Hall–Kier alpha value is -1.63. The topological polar surface area (TPSA) is 79.8 Å². The fraction of sp³-hybridized carbons (Fsp3) is 0.611. The van der Waals surface area contributed by atoms with Crippen LogP contribution in [0.5, 0.6) is 0 Å². The first-order valence-corrected chi connectivity index (χ1v) is 8.27. The normalized spacial score (nSPS) is 14.0. The van der Waals surface area contributed by atoms with E-state index in [4.69, 9.17) is 14.6 Å². The van der Waals surface area contributed by atoms with Gasteiger partial charge in [0.05, 0.1) is 25.9 Å². The molecule has 24 heavy (non-hydrogen) atoms. The lowest BCUT2D eigenvalue weighted by atomic mass is 10.1. The summed E-state index contributed by atoms with van der Waals surface area (Å²) in [4.78, 5) is 12.0. The Kier molecular flexibility index (Phi) is 8.74. The number of hydrogen-bond acceptors (Lipinski definition) is 5. The molecule has 1 amide bonds. The van der Waals surface area contributed by atoms with Crippen molar-refractivity contribution in [3.63, 3.8) is 0 Å². The number of carbonyl (C=O) groups excluding carboxylic acids is 1. The lowest BCUT2D eigenvalue weighted by molar-refractivity contribution is 0.0398. The van der Waals surface area contributed by atoms with Gasteiger partial charge >= 0.3 is 6.09 Å². The van der Waals surface area contributed by atoms with E-state index in [1.165, 1.54) is 0 Å². The van der Waals surface area contributed by atoms with Crippen molar-refractivity contribution in [1.29, 1.82) is 0 Å². The average Bonchev–Trinajstić information content (AvgIpc) is 2.51. The Bertz CT molecular complexity index is 474. The molecule has 0 radical (unpaired) electrons. The van der Waals surface area contributed by atoms with E-state index in [1.807, 2.05) is 58.0 Å². The number of rotatable bonds is 9. The second-order valence-corrected chi connectivity index (χ2v) is 6.72. The van der Waals surface area contributed by atoms with E-state index < -0.39 is 11.7 Å². The van der Waals surface area contributed by atoms with Crippen LogP contribution in [0.15, 0.2) is 30.3 Å². The van der Waals surface area contributed by atoms with E-state index in [-0.39, 0.29) is 18.7 Å². The molecule has 6 heteroatoms. The number of benzene rings is 1. The molecule has 0 unspecified atom stereocenters. The third-order valence-corrected chi connectivity index (χ3v) is 3.29. The molecule has 1 rings (SSSR count). The Morgan fingerprint density at radius 3 is 2.50 bits per heavy atom. The summed E-state index contributed by atoms with van der Waals surface area (Å²) < 4.78 is 11.0. The van der Waals surface area contributed by atoms with Gasteiger partial charge in [0.2, 0.25) is 0 Å². The summed E-state index contributed by atoms with van der Waals surface area (Å²) in [5.74, 6) is 0. The Morgan fingerprint density at radius 1 is 1.25 bits per heavy atom. The number of hydrogen-bond donors (Lipinski definition) is 3. The van der Waals surface area contributed by atoms with Crippen molar-refractivity contribution in [2.75, 3.05) is 19.8 Å². The second-order valence-electron chi connectivity index (χ2n) is 6.72. The lowest BCUT2D eigenvalue weighted by Crippen LogP contribution is -2.52. The Balaban J connectivity index is 2.55. The highest BCUT2D eigenvalue weighted by atomic mass is 16.6. The summed E-state index contributed by atoms with van der Waals surface area (Å²) in [7, 11) is 0. The van der Waals surface area contributed by atoms with E-state index in [0.29, 0.717) is 19.8 Å². The molecule has 0 aliphatic heterocycles. The standard InChI is InChI=1S/C18H30N2O4/c1-14(19-10-11-21)16(20-17(22)24-18(2,3)4)13-23-12-15-8-6-5-7-9-15/h5-9,14,16,19,21H,10-13H2,1-4H3,(H,20,22)/t14-,16+/m1/s1. The van der Waals surface area contributed by atoms with Crippen LogP contribution in [0.2, 0.25) is 0 Å². The number of ether oxygens (including phenoxy) is 2. The van der Waals surface area contributed by atoms with Gasteiger partial charge in [0.15, 0.2) is 0 Å². The number of carbonyl (C=O) groups is 1. The van der Waals surface area contributed by atoms with Crippen LogP contribution in [0.1, 0.15) is 33.3 Å². The lowest BCUT2D eigenvalue weighted by Gasteiger charge is -2.28. The maximum absolute atomic E-state index is 12.0. The predicted octanol–water partition coefficient (Wildman–Crippen LogP) is 2.07. The van der Waals surface area contributed by atoms with Crippen molar-refractivity contribution in [3.05, 3.63) is 35.9 Å². The van der Waals surface area contributed by atoms with Gasteiger partial charge in [0.1, 0.15) is 5.60 Å². The van der Waals surface area contributed by atoms with Crippen molar-refractivity contribution in [2.45, 2.75) is 52.0 Å². The van der Waals surface area contributed by atoms with Crippen LogP contribution in [0, 0.1) is 0 Å². The van der Waals surface area contributed by atoms with Gasteiger partial charge < -0.3 is 25.2 Å². The Morgan fingerprint density at radius 2 is 1.92 bits per heavy atom. The third-order valence-electron chi connectivity index (χ3n) is 3.29. The molecule has 1 aromatic rings.